The van der Waals surface area contributed by atoms with Crippen molar-refractivity contribution in [3.8, 4) is 23.2 Å². The van der Waals surface area contributed by atoms with E-state index in [1.54, 1.807) is 62.1 Å². The average molecular weight is 635 g/mol. The fraction of sp³-hybridized carbons (Fsp3) is 0.171. The highest BCUT2D eigenvalue weighted by atomic mass is 19.1. The minimum Gasteiger partial charge on any atom is -0.478 e. The van der Waals surface area contributed by atoms with Gasteiger partial charge in [0.15, 0.2) is 0 Å². The van der Waals surface area contributed by atoms with Gasteiger partial charge in [0, 0.05) is 43.5 Å². The Balaban J connectivity index is 1.26. The van der Waals surface area contributed by atoms with Gasteiger partial charge in [-0.15, -0.1) is 0 Å². The molecule has 3 heterocycles. The van der Waals surface area contributed by atoms with Gasteiger partial charge in [0.25, 0.3) is 0 Å². The lowest BCUT2D eigenvalue weighted by Gasteiger charge is -2.13. The van der Waals surface area contributed by atoms with Gasteiger partial charge in [0.05, 0.1) is 59.1 Å². The Morgan fingerprint density at radius 3 is 2.60 bits per heavy atom. The number of hydrogen-bond donors (Lipinski definition) is 1. The van der Waals surface area contributed by atoms with Crippen LogP contribution in [0.1, 0.15) is 38.6 Å². The highest BCUT2D eigenvalue weighted by Crippen LogP contribution is 2.26. The van der Waals surface area contributed by atoms with Crippen LogP contribution in [0.25, 0.3) is 22.3 Å². The van der Waals surface area contributed by atoms with Crippen LogP contribution < -0.4 is 4.74 Å². The normalized spacial score (nSPS) is 11.1. The first-order chi connectivity index (χ1) is 22.8. The molecule has 0 amide bonds. The molecule has 0 fully saturated rings. The molecular weight excluding hydrogens is 606 g/mol. The monoisotopic (exact) mass is 634 g/mol. The summed E-state index contributed by atoms with van der Waals surface area (Å²) in [4.78, 5) is 25.2. The highest BCUT2D eigenvalue weighted by molar-refractivity contribution is 5.92. The minimum absolute atomic E-state index is 0.0938. The molecular formula is C35H28F2N6O4. The zero-order chi connectivity index (χ0) is 32.9. The predicted molar refractivity (Wildman–Crippen MR) is 168 cm³/mol. The van der Waals surface area contributed by atoms with E-state index >= 15 is 4.39 Å². The number of carboxylic acid groups (broad SMARTS) is 1. The third-order valence-electron chi connectivity index (χ3n) is 7.71. The number of benzene rings is 3. The zero-order valence-electron chi connectivity index (χ0n) is 25.2. The van der Waals surface area contributed by atoms with Gasteiger partial charge in [-0.25, -0.2) is 28.5 Å². The van der Waals surface area contributed by atoms with Crippen molar-refractivity contribution in [1.82, 2.24) is 24.1 Å². The summed E-state index contributed by atoms with van der Waals surface area (Å²) in [5.74, 6) is -1.29. The Labute approximate surface area is 268 Å². The number of carboxylic acids is 1. The van der Waals surface area contributed by atoms with E-state index in [0.717, 1.165) is 11.8 Å². The van der Waals surface area contributed by atoms with Gasteiger partial charge in [0.2, 0.25) is 5.88 Å². The van der Waals surface area contributed by atoms with Crippen molar-refractivity contribution in [3.63, 3.8) is 0 Å². The van der Waals surface area contributed by atoms with Gasteiger partial charge < -0.3 is 23.7 Å². The molecule has 0 saturated carbocycles. The summed E-state index contributed by atoms with van der Waals surface area (Å²) >= 11 is 0. The molecule has 0 saturated heterocycles. The van der Waals surface area contributed by atoms with Crippen LogP contribution in [0.4, 0.5) is 8.78 Å². The Morgan fingerprint density at radius 1 is 1.00 bits per heavy atom. The van der Waals surface area contributed by atoms with Gasteiger partial charge in [0.1, 0.15) is 24.1 Å². The Hall–Kier alpha value is -5.93. The Kier molecular flexibility index (Phi) is 8.99. The molecule has 0 radical (unpaired) electrons. The van der Waals surface area contributed by atoms with E-state index in [0.29, 0.717) is 53.4 Å². The van der Waals surface area contributed by atoms with E-state index in [1.165, 1.54) is 24.3 Å². The van der Waals surface area contributed by atoms with Crippen LogP contribution in [-0.2, 0) is 30.9 Å². The van der Waals surface area contributed by atoms with E-state index in [-0.39, 0.29) is 35.6 Å². The number of pyridine rings is 1. The van der Waals surface area contributed by atoms with E-state index < -0.39 is 17.6 Å². The van der Waals surface area contributed by atoms with Crippen LogP contribution in [0.15, 0.2) is 85.3 Å². The molecule has 6 rings (SSSR count). The molecule has 47 heavy (non-hydrogen) atoms. The molecule has 10 nitrogen and oxygen atoms in total. The largest absolute Gasteiger partial charge is 0.478 e. The lowest BCUT2D eigenvalue weighted by Crippen LogP contribution is -2.12. The summed E-state index contributed by atoms with van der Waals surface area (Å²) in [7, 11) is 1.62. The van der Waals surface area contributed by atoms with Crippen LogP contribution in [0, 0.1) is 23.0 Å². The molecule has 236 valence electrons. The minimum atomic E-state index is -1.06. The lowest BCUT2D eigenvalue weighted by atomic mass is 10.1. The number of nitrogens with zero attached hydrogens (tertiary/aromatic N) is 6. The highest BCUT2D eigenvalue weighted by Gasteiger charge is 2.18. The molecule has 0 atom stereocenters. The van der Waals surface area contributed by atoms with Gasteiger partial charge in [-0.2, -0.15) is 5.26 Å². The van der Waals surface area contributed by atoms with Gasteiger partial charge in [-0.1, -0.05) is 24.3 Å². The first-order valence-corrected chi connectivity index (χ1v) is 14.6. The summed E-state index contributed by atoms with van der Waals surface area (Å²) in [6, 6.07) is 20.6. The molecule has 0 aliphatic carbocycles. The maximum absolute atomic E-state index is 15.7. The smallest absolute Gasteiger partial charge is 0.335 e. The van der Waals surface area contributed by atoms with Crippen LogP contribution in [0.2, 0.25) is 0 Å². The summed E-state index contributed by atoms with van der Waals surface area (Å²) in [5.41, 5.74) is 4.03. The SMILES string of the molecule is COCCn1cncc1Cn1c(Cc2ccc(-c3cccc(OCc4ccc(C#N)cc4F)n3)cc2F)nc2ccc(C(=O)O)cc21. The molecule has 0 bridgehead atoms. The molecule has 12 heteroatoms. The molecule has 3 aromatic carbocycles. The summed E-state index contributed by atoms with van der Waals surface area (Å²) < 4.78 is 44.7. The van der Waals surface area contributed by atoms with Gasteiger partial charge >= 0.3 is 5.97 Å². The zero-order valence-corrected chi connectivity index (χ0v) is 25.2. The number of ether oxygens (including phenoxy) is 2. The van der Waals surface area contributed by atoms with Crippen LogP contribution >= 0.6 is 0 Å². The molecule has 3 aromatic heterocycles. The summed E-state index contributed by atoms with van der Waals surface area (Å²) in [6.45, 7) is 1.31. The lowest BCUT2D eigenvalue weighted by molar-refractivity contribution is 0.0697. The van der Waals surface area contributed by atoms with Crippen molar-refractivity contribution in [2.24, 2.45) is 0 Å². The van der Waals surface area contributed by atoms with Crippen LogP contribution in [-0.4, -0.2) is 48.9 Å². The number of carbonyl (C=O) groups is 1. The van der Waals surface area contributed by atoms with Crippen molar-refractivity contribution in [1.29, 1.82) is 5.26 Å². The third kappa shape index (κ3) is 6.85. The van der Waals surface area contributed by atoms with Crippen LogP contribution in [0.3, 0.4) is 0 Å². The number of nitriles is 1. The number of aromatic carboxylic acids is 1. The van der Waals surface area contributed by atoms with Crippen LogP contribution in [0.5, 0.6) is 5.88 Å². The molecule has 0 unspecified atom stereocenters. The maximum Gasteiger partial charge on any atom is 0.335 e. The van der Waals surface area contributed by atoms with Crippen molar-refractivity contribution < 1.29 is 28.2 Å². The third-order valence-corrected chi connectivity index (χ3v) is 7.71. The summed E-state index contributed by atoms with van der Waals surface area (Å²) in [5, 5.41) is 18.6. The maximum atomic E-state index is 15.7. The molecule has 0 aliphatic heterocycles. The van der Waals surface area contributed by atoms with Crippen molar-refractivity contribution in [2.75, 3.05) is 13.7 Å². The van der Waals surface area contributed by atoms with E-state index in [1.807, 2.05) is 15.2 Å². The van der Waals surface area contributed by atoms with E-state index in [9.17, 15) is 14.3 Å². The number of methoxy groups -OCH3 is 1. The van der Waals surface area contributed by atoms with Crippen molar-refractivity contribution in [3.05, 3.63) is 131 Å². The Morgan fingerprint density at radius 2 is 1.83 bits per heavy atom. The van der Waals surface area contributed by atoms with E-state index in [4.69, 9.17) is 19.7 Å². The molecule has 0 spiro atoms. The standard InChI is InChI=1S/C35H28F2N6O4/c1-46-12-11-42-21-39-18-27(42)19-43-32-15-25(35(44)45)9-10-31(32)40-33(43)16-23-7-8-24(14-29(23)37)30-3-2-4-34(41-30)47-20-26-6-5-22(17-38)13-28(26)36/h2-10,13-15,18,21H,11-12,16,19-20H2,1H3,(H,44,45). The molecule has 1 N–H and O–H groups in total. The second-order valence-corrected chi connectivity index (χ2v) is 10.7. The predicted octanol–water partition coefficient (Wildman–Crippen LogP) is 6.01. The second-order valence-electron chi connectivity index (χ2n) is 10.7. The van der Waals surface area contributed by atoms with Crippen molar-refractivity contribution >= 4 is 17.0 Å². The quantitative estimate of drug-likeness (QED) is 0.173. The second kappa shape index (κ2) is 13.6. The first-order valence-electron chi connectivity index (χ1n) is 14.6. The number of rotatable bonds is 12. The van der Waals surface area contributed by atoms with Gasteiger partial charge in [-0.3, -0.25) is 0 Å². The molecule has 0 aliphatic rings. The average Bonchev–Trinajstić information content (AvgIpc) is 3.67. The Bertz CT molecular complexity index is 2130. The van der Waals surface area contributed by atoms with Crippen molar-refractivity contribution in [2.45, 2.75) is 26.1 Å². The number of hydrogen-bond acceptors (Lipinski definition) is 7. The fourth-order valence-electron chi connectivity index (χ4n) is 5.21. The summed E-state index contributed by atoms with van der Waals surface area (Å²) in [6.07, 6.45) is 3.57. The number of halogens is 2. The topological polar surface area (TPSA) is 128 Å². The number of imidazole rings is 2. The first kappa shape index (κ1) is 31.1. The number of fused-ring (bicyclic) bond motifs is 1. The van der Waals surface area contributed by atoms with E-state index in [2.05, 4.69) is 9.97 Å². The molecule has 6 aromatic rings. The van der Waals surface area contributed by atoms with Gasteiger partial charge in [-0.05, 0) is 48.0 Å². The fourth-order valence-corrected chi connectivity index (χ4v) is 5.21. The number of aromatic nitrogens is 5.